The highest BCUT2D eigenvalue weighted by Crippen LogP contribution is 2.22. The number of allylic oxidation sites excluding steroid dienone is 1. The van der Waals surface area contributed by atoms with Gasteiger partial charge >= 0.3 is 5.97 Å². The predicted molar refractivity (Wildman–Crippen MR) is 42.1 cm³/mol. The fourth-order valence-electron chi connectivity index (χ4n) is 1.30. The van der Waals surface area contributed by atoms with Crippen molar-refractivity contribution in [2.24, 2.45) is 11.7 Å². The summed E-state index contributed by atoms with van der Waals surface area (Å²) >= 11 is 0. The van der Waals surface area contributed by atoms with Gasteiger partial charge in [-0.15, -0.1) is 0 Å². The van der Waals surface area contributed by atoms with E-state index in [1.54, 1.807) is 6.08 Å². The summed E-state index contributed by atoms with van der Waals surface area (Å²) in [7, 11) is 0. The topological polar surface area (TPSA) is 63.3 Å². The third kappa shape index (κ3) is 2.05. The summed E-state index contributed by atoms with van der Waals surface area (Å²) in [5.41, 5.74) is 6.00. The zero-order chi connectivity index (χ0) is 8.27. The minimum Gasteiger partial charge on any atom is -0.478 e. The maximum atomic E-state index is 10.4. The molecular formula is C8H13NO2. The zero-order valence-corrected chi connectivity index (χ0v) is 6.42. The number of carbonyl (C=O) groups is 1. The number of carboxylic acids is 1. The first kappa shape index (κ1) is 8.27. The van der Waals surface area contributed by atoms with Gasteiger partial charge in [-0.25, -0.2) is 4.79 Å². The second kappa shape index (κ2) is 3.53. The maximum absolute atomic E-state index is 10.4. The number of hydrogen-bond acceptors (Lipinski definition) is 2. The van der Waals surface area contributed by atoms with E-state index < -0.39 is 5.97 Å². The molecule has 0 amide bonds. The van der Waals surface area contributed by atoms with Gasteiger partial charge in [0.2, 0.25) is 0 Å². The molecule has 62 valence electrons. The summed E-state index contributed by atoms with van der Waals surface area (Å²) in [6, 6.07) is 0. The second-order valence-electron chi connectivity index (χ2n) is 2.91. The molecule has 0 heterocycles. The van der Waals surface area contributed by atoms with Crippen molar-refractivity contribution in [1.82, 2.24) is 0 Å². The van der Waals surface area contributed by atoms with E-state index >= 15 is 0 Å². The van der Waals surface area contributed by atoms with Gasteiger partial charge in [-0.2, -0.15) is 0 Å². The molecule has 1 aliphatic carbocycles. The fourth-order valence-corrected chi connectivity index (χ4v) is 1.30. The minimum absolute atomic E-state index is 0.498. The molecule has 0 aliphatic heterocycles. The van der Waals surface area contributed by atoms with Crippen LogP contribution in [0.1, 0.15) is 19.3 Å². The molecule has 3 nitrogen and oxygen atoms in total. The molecule has 1 atom stereocenters. The van der Waals surface area contributed by atoms with Crippen molar-refractivity contribution < 1.29 is 9.90 Å². The first-order valence-electron chi connectivity index (χ1n) is 3.86. The van der Waals surface area contributed by atoms with Gasteiger partial charge in [-0.1, -0.05) is 6.08 Å². The van der Waals surface area contributed by atoms with E-state index in [4.69, 9.17) is 10.8 Å². The van der Waals surface area contributed by atoms with Gasteiger partial charge in [-0.05, 0) is 31.7 Å². The SMILES string of the molecule is NC[C@@H]1CC=C(C(=O)O)CC1. The number of aliphatic carboxylic acids is 1. The third-order valence-corrected chi connectivity index (χ3v) is 2.13. The van der Waals surface area contributed by atoms with Gasteiger partial charge in [0.15, 0.2) is 0 Å². The Morgan fingerprint density at radius 3 is 2.91 bits per heavy atom. The van der Waals surface area contributed by atoms with Gasteiger partial charge in [0.05, 0.1) is 0 Å². The van der Waals surface area contributed by atoms with E-state index in [-0.39, 0.29) is 0 Å². The molecule has 3 heteroatoms. The van der Waals surface area contributed by atoms with E-state index in [9.17, 15) is 4.79 Å². The Hall–Kier alpha value is -0.830. The smallest absolute Gasteiger partial charge is 0.331 e. The summed E-state index contributed by atoms with van der Waals surface area (Å²) < 4.78 is 0. The van der Waals surface area contributed by atoms with E-state index in [0.717, 1.165) is 12.8 Å². The first-order valence-corrected chi connectivity index (χ1v) is 3.86. The van der Waals surface area contributed by atoms with Crippen molar-refractivity contribution in [2.45, 2.75) is 19.3 Å². The van der Waals surface area contributed by atoms with Crippen LogP contribution in [0, 0.1) is 5.92 Å². The quantitative estimate of drug-likeness (QED) is 0.618. The van der Waals surface area contributed by atoms with Crippen LogP contribution in [0.25, 0.3) is 0 Å². The summed E-state index contributed by atoms with van der Waals surface area (Å²) in [4.78, 5) is 10.4. The van der Waals surface area contributed by atoms with Crippen molar-refractivity contribution in [3.8, 4) is 0 Å². The molecule has 1 rings (SSSR count). The Morgan fingerprint density at radius 1 is 1.82 bits per heavy atom. The second-order valence-corrected chi connectivity index (χ2v) is 2.91. The average Bonchev–Trinajstić information content (AvgIpc) is 2.05. The Labute approximate surface area is 65.9 Å². The molecular weight excluding hydrogens is 142 g/mol. The molecule has 1 aliphatic rings. The summed E-state index contributed by atoms with van der Waals surface area (Å²) in [6.07, 6.45) is 4.23. The number of carboxylic acid groups (broad SMARTS) is 1. The van der Waals surface area contributed by atoms with Gasteiger partial charge in [0.25, 0.3) is 0 Å². The monoisotopic (exact) mass is 155 g/mol. The maximum Gasteiger partial charge on any atom is 0.331 e. The Kier molecular flexibility index (Phi) is 2.65. The van der Waals surface area contributed by atoms with Gasteiger partial charge in [0, 0.05) is 5.57 Å². The van der Waals surface area contributed by atoms with Gasteiger partial charge in [0.1, 0.15) is 0 Å². The molecule has 0 aromatic heterocycles. The zero-order valence-electron chi connectivity index (χ0n) is 6.42. The lowest BCUT2D eigenvalue weighted by molar-refractivity contribution is -0.132. The van der Waals surface area contributed by atoms with Crippen LogP contribution in [0.3, 0.4) is 0 Å². The van der Waals surface area contributed by atoms with Crippen LogP contribution < -0.4 is 5.73 Å². The molecule has 0 unspecified atom stereocenters. The van der Waals surface area contributed by atoms with Crippen LogP contribution >= 0.6 is 0 Å². The molecule has 11 heavy (non-hydrogen) atoms. The molecule has 0 radical (unpaired) electrons. The Morgan fingerprint density at radius 2 is 2.55 bits per heavy atom. The van der Waals surface area contributed by atoms with Gasteiger partial charge in [-0.3, -0.25) is 0 Å². The third-order valence-electron chi connectivity index (χ3n) is 2.13. The molecule has 0 spiro atoms. The molecule has 0 aromatic carbocycles. The Bertz CT molecular complexity index is 187. The van der Waals surface area contributed by atoms with E-state index in [1.165, 1.54) is 0 Å². The van der Waals surface area contributed by atoms with Crippen LogP contribution in [0.5, 0.6) is 0 Å². The van der Waals surface area contributed by atoms with Crippen LogP contribution in [-0.2, 0) is 4.79 Å². The van der Waals surface area contributed by atoms with Crippen LogP contribution in [0.15, 0.2) is 11.6 Å². The van der Waals surface area contributed by atoms with Crippen molar-refractivity contribution in [3.63, 3.8) is 0 Å². The van der Waals surface area contributed by atoms with Gasteiger partial charge < -0.3 is 10.8 Å². The Balaban J connectivity index is 2.50. The highest BCUT2D eigenvalue weighted by molar-refractivity contribution is 5.86. The molecule has 0 saturated heterocycles. The lowest BCUT2D eigenvalue weighted by Gasteiger charge is -2.17. The molecule has 3 N–H and O–H groups in total. The fraction of sp³-hybridized carbons (Fsp3) is 0.625. The van der Waals surface area contributed by atoms with E-state index in [1.807, 2.05) is 0 Å². The highest BCUT2D eigenvalue weighted by atomic mass is 16.4. The standard InChI is InChI=1S/C8H13NO2/c9-5-6-1-3-7(4-2-6)8(10)11/h3,6H,1-2,4-5,9H2,(H,10,11)/t6-/m1/s1. The highest BCUT2D eigenvalue weighted by Gasteiger charge is 2.16. The van der Waals surface area contributed by atoms with Crippen molar-refractivity contribution in [2.75, 3.05) is 6.54 Å². The molecule has 0 aromatic rings. The van der Waals surface area contributed by atoms with Crippen LogP contribution in [-0.4, -0.2) is 17.6 Å². The van der Waals surface area contributed by atoms with Crippen LogP contribution in [0.2, 0.25) is 0 Å². The molecule has 0 saturated carbocycles. The predicted octanol–water partition coefficient (Wildman–Crippen LogP) is 0.756. The van der Waals surface area contributed by atoms with Crippen molar-refractivity contribution in [3.05, 3.63) is 11.6 Å². The summed E-state index contributed by atoms with van der Waals surface area (Å²) in [5.74, 6) is -0.279. The molecule has 0 fully saturated rings. The van der Waals surface area contributed by atoms with Crippen molar-refractivity contribution in [1.29, 1.82) is 0 Å². The average molecular weight is 155 g/mol. The lowest BCUT2D eigenvalue weighted by atomic mass is 9.90. The number of nitrogens with two attached hydrogens (primary N) is 1. The largest absolute Gasteiger partial charge is 0.478 e. The lowest BCUT2D eigenvalue weighted by Crippen LogP contribution is -2.18. The summed E-state index contributed by atoms with van der Waals surface area (Å²) in [5, 5.41) is 8.60. The normalized spacial score (nSPS) is 24.5. The number of rotatable bonds is 2. The minimum atomic E-state index is -0.777. The summed E-state index contributed by atoms with van der Waals surface area (Å²) in [6.45, 7) is 0.670. The van der Waals surface area contributed by atoms with Crippen molar-refractivity contribution >= 4 is 5.97 Å². The first-order chi connectivity index (χ1) is 5.24. The van der Waals surface area contributed by atoms with E-state index in [0.29, 0.717) is 24.5 Å². The van der Waals surface area contributed by atoms with Crippen LogP contribution in [0.4, 0.5) is 0 Å². The number of hydrogen-bond donors (Lipinski definition) is 2. The van der Waals surface area contributed by atoms with E-state index in [2.05, 4.69) is 0 Å². The molecule has 0 bridgehead atoms.